The van der Waals surface area contributed by atoms with Crippen LogP contribution in [0.2, 0.25) is 0 Å². The van der Waals surface area contributed by atoms with Crippen LogP contribution >= 0.6 is 0 Å². The van der Waals surface area contributed by atoms with Crippen LogP contribution in [0.1, 0.15) is 19.5 Å². The number of nitriles is 1. The van der Waals surface area contributed by atoms with Crippen molar-refractivity contribution >= 4 is 5.78 Å². The number of carbonyl (C=O) groups is 1. The highest BCUT2D eigenvalue weighted by molar-refractivity contribution is 5.90. The predicted octanol–water partition coefficient (Wildman–Crippen LogP) is 1.45. The SMILES string of the molecule is CC(=O)C(C)(C#N)c1ccccn1. The lowest BCUT2D eigenvalue weighted by Crippen LogP contribution is -2.29. The van der Waals surface area contributed by atoms with E-state index in [0.29, 0.717) is 5.69 Å². The number of hydrogen-bond donors (Lipinski definition) is 0. The largest absolute Gasteiger partial charge is 0.298 e. The Bertz CT molecular complexity index is 353. The summed E-state index contributed by atoms with van der Waals surface area (Å²) in [5.74, 6) is -0.186. The Hall–Kier alpha value is -1.69. The average molecular weight is 174 g/mol. The maximum atomic E-state index is 11.2. The molecule has 0 bridgehead atoms. The molecule has 0 N–H and O–H groups in total. The summed E-state index contributed by atoms with van der Waals surface area (Å²) in [6, 6.07) is 7.18. The zero-order chi connectivity index (χ0) is 9.90. The van der Waals surface area contributed by atoms with Crippen molar-refractivity contribution < 1.29 is 4.79 Å². The zero-order valence-electron chi connectivity index (χ0n) is 7.61. The Labute approximate surface area is 77.0 Å². The first-order valence-corrected chi connectivity index (χ1v) is 3.95. The topological polar surface area (TPSA) is 53.8 Å². The third-order valence-electron chi connectivity index (χ3n) is 2.10. The van der Waals surface area contributed by atoms with Crippen LogP contribution < -0.4 is 0 Å². The Morgan fingerprint density at radius 1 is 1.62 bits per heavy atom. The van der Waals surface area contributed by atoms with E-state index in [1.165, 1.54) is 6.92 Å². The van der Waals surface area contributed by atoms with Gasteiger partial charge < -0.3 is 0 Å². The summed E-state index contributed by atoms with van der Waals surface area (Å²) in [5, 5.41) is 8.90. The first-order valence-electron chi connectivity index (χ1n) is 3.95. The van der Waals surface area contributed by atoms with Crippen molar-refractivity contribution in [2.24, 2.45) is 0 Å². The van der Waals surface area contributed by atoms with Crippen LogP contribution in [0.5, 0.6) is 0 Å². The van der Waals surface area contributed by atoms with Crippen molar-refractivity contribution in [3.63, 3.8) is 0 Å². The van der Waals surface area contributed by atoms with Crippen LogP contribution in [0.15, 0.2) is 24.4 Å². The first kappa shape index (κ1) is 9.40. The van der Waals surface area contributed by atoms with E-state index >= 15 is 0 Å². The van der Waals surface area contributed by atoms with Gasteiger partial charge in [-0.2, -0.15) is 5.26 Å². The molecule has 0 aliphatic rings. The number of nitrogens with zero attached hydrogens (tertiary/aromatic N) is 2. The third kappa shape index (κ3) is 1.57. The van der Waals surface area contributed by atoms with Crippen LogP contribution in [-0.2, 0) is 10.2 Å². The second-order valence-electron chi connectivity index (χ2n) is 3.01. The lowest BCUT2D eigenvalue weighted by Gasteiger charge is -2.16. The highest BCUT2D eigenvalue weighted by Crippen LogP contribution is 2.21. The van der Waals surface area contributed by atoms with E-state index in [2.05, 4.69) is 4.98 Å². The minimum atomic E-state index is -1.11. The number of carbonyl (C=O) groups excluding carboxylic acids is 1. The molecular formula is C10H10N2O. The fourth-order valence-electron chi connectivity index (χ4n) is 0.975. The predicted molar refractivity (Wildman–Crippen MR) is 47.9 cm³/mol. The van der Waals surface area contributed by atoms with E-state index in [1.54, 1.807) is 31.3 Å². The van der Waals surface area contributed by atoms with E-state index in [1.807, 2.05) is 6.07 Å². The van der Waals surface area contributed by atoms with Gasteiger partial charge in [0.15, 0.2) is 11.2 Å². The third-order valence-corrected chi connectivity index (χ3v) is 2.10. The van der Waals surface area contributed by atoms with Crippen molar-refractivity contribution in [3.05, 3.63) is 30.1 Å². The van der Waals surface area contributed by atoms with E-state index < -0.39 is 5.41 Å². The Kier molecular flexibility index (Phi) is 2.43. The summed E-state index contributed by atoms with van der Waals surface area (Å²) in [4.78, 5) is 15.2. The number of Topliss-reactive ketones (excluding diaryl/α,β-unsaturated/α-hetero) is 1. The molecule has 0 aliphatic heterocycles. The average Bonchev–Trinajstić information content (AvgIpc) is 2.17. The molecule has 0 saturated heterocycles. The van der Waals surface area contributed by atoms with Crippen molar-refractivity contribution in [3.8, 4) is 6.07 Å². The second kappa shape index (κ2) is 3.36. The second-order valence-corrected chi connectivity index (χ2v) is 3.01. The Morgan fingerprint density at radius 3 is 2.69 bits per heavy atom. The summed E-state index contributed by atoms with van der Waals surface area (Å²) >= 11 is 0. The molecule has 3 nitrogen and oxygen atoms in total. The van der Waals surface area contributed by atoms with E-state index in [4.69, 9.17) is 5.26 Å². The molecular weight excluding hydrogens is 164 g/mol. The van der Waals surface area contributed by atoms with E-state index in [0.717, 1.165) is 0 Å². The molecule has 0 spiro atoms. The number of aromatic nitrogens is 1. The van der Waals surface area contributed by atoms with Gasteiger partial charge in [-0.25, -0.2) is 0 Å². The fourth-order valence-corrected chi connectivity index (χ4v) is 0.975. The molecule has 0 amide bonds. The molecule has 3 heteroatoms. The van der Waals surface area contributed by atoms with Crippen LogP contribution in [0.25, 0.3) is 0 Å². The fraction of sp³-hybridized carbons (Fsp3) is 0.300. The molecule has 0 aromatic carbocycles. The summed E-state index contributed by atoms with van der Waals surface area (Å²) in [7, 11) is 0. The molecule has 0 aliphatic carbocycles. The van der Waals surface area contributed by atoms with Gasteiger partial charge in [0, 0.05) is 6.20 Å². The molecule has 0 radical (unpaired) electrons. The van der Waals surface area contributed by atoms with Crippen molar-refractivity contribution in [1.82, 2.24) is 4.98 Å². The summed E-state index contributed by atoms with van der Waals surface area (Å²) in [6.07, 6.45) is 1.58. The maximum absolute atomic E-state index is 11.2. The summed E-state index contributed by atoms with van der Waals surface area (Å²) in [5.41, 5.74) is -0.605. The molecule has 1 atom stereocenters. The van der Waals surface area contributed by atoms with E-state index in [9.17, 15) is 4.79 Å². The maximum Gasteiger partial charge on any atom is 0.155 e. The van der Waals surface area contributed by atoms with Crippen LogP contribution in [0, 0.1) is 11.3 Å². The smallest absolute Gasteiger partial charge is 0.155 e. The van der Waals surface area contributed by atoms with Crippen molar-refractivity contribution in [2.75, 3.05) is 0 Å². The molecule has 1 heterocycles. The van der Waals surface area contributed by atoms with Gasteiger partial charge in [0.1, 0.15) is 0 Å². The van der Waals surface area contributed by atoms with Gasteiger partial charge in [-0.3, -0.25) is 9.78 Å². The van der Waals surface area contributed by atoms with Gasteiger partial charge in [0.25, 0.3) is 0 Å². The number of pyridine rings is 1. The van der Waals surface area contributed by atoms with Gasteiger partial charge in [0.05, 0.1) is 11.8 Å². The highest BCUT2D eigenvalue weighted by Gasteiger charge is 2.33. The van der Waals surface area contributed by atoms with Crippen molar-refractivity contribution in [2.45, 2.75) is 19.3 Å². The molecule has 13 heavy (non-hydrogen) atoms. The van der Waals surface area contributed by atoms with Crippen LogP contribution in [0.3, 0.4) is 0 Å². The lowest BCUT2D eigenvalue weighted by molar-refractivity contribution is -0.120. The molecule has 66 valence electrons. The van der Waals surface area contributed by atoms with Gasteiger partial charge in [-0.1, -0.05) is 6.07 Å². The Morgan fingerprint density at radius 2 is 2.31 bits per heavy atom. The quantitative estimate of drug-likeness (QED) is 0.681. The monoisotopic (exact) mass is 174 g/mol. The first-order chi connectivity index (χ1) is 6.11. The summed E-state index contributed by atoms with van der Waals surface area (Å²) < 4.78 is 0. The molecule has 0 fully saturated rings. The van der Waals surface area contributed by atoms with Gasteiger partial charge in [-0.05, 0) is 26.0 Å². The minimum Gasteiger partial charge on any atom is -0.298 e. The number of ketones is 1. The van der Waals surface area contributed by atoms with Gasteiger partial charge >= 0.3 is 0 Å². The highest BCUT2D eigenvalue weighted by atomic mass is 16.1. The Balaban J connectivity index is 3.21. The van der Waals surface area contributed by atoms with Crippen molar-refractivity contribution in [1.29, 1.82) is 5.26 Å². The normalized spacial score (nSPS) is 14.2. The molecule has 1 unspecified atom stereocenters. The van der Waals surface area contributed by atoms with Crippen LogP contribution in [0.4, 0.5) is 0 Å². The van der Waals surface area contributed by atoms with Gasteiger partial charge in [-0.15, -0.1) is 0 Å². The lowest BCUT2D eigenvalue weighted by atomic mass is 9.84. The summed E-state index contributed by atoms with van der Waals surface area (Å²) in [6.45, 7) is 2.98. The molecule has 1 aromatic rings. The van der Waals surface area contributed by atoms with Crippen LogP contribution in [-0.4, -0.2) is 10.8 Å². The van der Waals surface area contributed by atoms with Gasteiger partial charge in [0.2, 0.25) is 0 Å². The molecule has 1 aromatic heterocycles. The molecule has 1 rings (SSSR count). The number of hydrogen-bond acceptors (Lipinski definition) is 3. The van der Waals surface area contributed by atoms with E-state index in [-0.39, 0.29) is 5.78 Å². The minimum absolute atomic E-state index is 0.186. The number of rotatable bonds is 2. The zero-order valence-corrected chi connectivity index (χ0v) is 7.61. The standard InChI is InChI=1S/C10H10N2O/c1-8(13)10(2,7-11)9-5-3-4-6-12-9/h3-6H,1-2H3. The molecule has 0 saturated carbocycles.